The highest BCUT2D eigenvalue weighted by molar-refractivity contribution is 5.76. The van der Waals surface area contributed by atoms with E-state index in [1.165, 1.54) is 0 Å². The molecule has 6 heavy (non-hydrogen) atoms. The first kappa shape index (κ1) is 16.3. The maximum absolute atomic E-state index is 8.36. The Balaban J connectivity index is -0.0000000450. The van der Waals surface area contributed by atoms with Crippen LogP contribution in [0.25, 0.3) is 0 Å². The van der Waals surface area contributed by atoms with Crippen molar-refractivity contribution < 1.29 is 10.3 Å². The van der Waals surface area contributed by atoms with Crippen molar-refractivity contribution in [1.29, 1.82) is 0 Å². The Morgan fingerprint density at radius 1 is 1.50 bits per heavy atom. The Hall–Kier alpha value is 0.265. The van der Waals surface area contributed by atoms with Gasteiger partial charge in [0.05, 0.1) is 0 Å². The van der Waals surface area contributed by atoms with E-state index in [4.69, 9.17) is 15.3 Å². The second kappa shape index (κ2) is 8.98. The second-order valence-corrected chi connectivity index (χ2v) is 0.238. The fraction of sp³-hybridized carbons (Fsp3) is 0. The summed E-state index contributed by atoms with van der Waals surface area (Å²) in [5, 5.41) is 13.6. The summed E-state index contributed by atoms with van der Waals surface area (Å²) in [7, 11) is 0. The monoisotopic (exact) mass is 123 g/mol. The van der Waals surface area contributed by atoms with Crippen LogP contribution in [0.3, 0.4) is 0 Å². The van der Waals surface area contributed by atoms with Gasteiger partial charge in [0.2, 0.25) is 0 Å². The van der Waals surface area contributed by atoms with E-state index in [1.54, 1.807) is 0 Å². The summed E-state index contributed by atoms with van der Waals surface area (Å²) >= 11 is 0. The molecule has 0 fully saturated rings. The van der Waals surface area contributed by atoms with Gasteiger partial charge < -0.3 is 5.21 Å². The van der Waals surface area contributed by atoms with E-state index < -0.39 is 5.09 Å². The Bertz CT molecular complexity index is 31.8. The zero-order valence-electron chi connectivity index (χ0n) is 1.71. The Kier molecular flexibility index (Phi) is 24.4. The SMILES string of the molecule is O=[N+]([O-])O.[AlH3].[AlH3]. The average molecular weight is 123 g/mol. The summed E-state index contributed by atoms with van der Waals surface area (Å²) in [6.07, 6.45) is 0. The van der Waals surface area contributed by atoms with Crippen LogP contribution in [0.15, 0.2) is 0 Å². The lowest BCUT2D eigenvalue weighted by Gasteiger charge is -1.56. The molecule has 6 heteroatoms. The molecule has 1 N–H and O–H groups in total. The number of hydrogen-bond acceptors (Lipinski definition) is 2. The summed E-state index contributed by atoms with van der Waals surface area (Å²) in [6, 6.07) is 0. The van der Waals surface area contributed by atoms with Gasteiger partial charge in [0, 0.05) is 0 Å². The molecule has 0 radical (unpaired) electrons. The first-order valence-electron chi connectivity index (χ1n) is 0.565. The van der Waals surface area contributed by atoms with Crippen LogP contribution in [0.4, 0.5) is 0 Å². The lowest BCUT2D eigenvalue weighted by Crippen LogP contribution is -1.81. The van der Waals surface area contributed by atoms with E-state index in [-0.39, 0.29) is 34.7 Å². The zero-order chi connectivity index (χ0) is 3.58. The molecule has 0 amide bonds. The van der Waals surface area contributed by atoms with Crippen LogP contribution in [0, 0.1) is 10.1 Å². The van der Waals surface area contributed by atoms with Crippen LogP contribution in [0.1, 0.15) is 0 Å². The summed E-state index contributed by atoms with van der Waals surface area (Å²) in [6.45, 7) is 0. The van der Waals surface area contributed by atoms with Crippen molar-refractivity contribution in [2.24, 2.45) is 0 Å². The van der Waals surface area contributed by atoms with Crippen molar-refractivity contribution >= 4 is 34.7 Å². The van der Waals surface area contributed by atoms with Crippen LogP contribution < -0.4 is 0 Å². The molecule has 0 aliphatic rings. The second-order valence-electron chi connectivity index (χ2n) is 0.238. The lowest BCUT2D eigenvalue weighted by molar-refractivity contribution is -0.742. The van der Waals surface area contributed by atoms with Gasteiger partial charge in [0.15, 0.2) is 34.7 Å². The van der Waals surface area contributed by atoms with E-state index in [0.717, 1.165) is 0 Å². The Morgan fingerprint density at radius 3 is 1.50 bits per heavy atom. The average Bonchev–Trinajstić information content (AvgIpc) is 0.811. The minimum Gasteiger partial charge on any atom is -0.328 e. The van der Waals surface area contributed by atoms with Crippen LogP contribution >= 0.6 is 0 Å². The van der Waals surface area contributed by atoms with Gasteiger partial charge in [-0.3, -0.25) is 0 Å². The van der Waals surface area contributed by atoms with Crippen molar-refractivity contribution in [2.75, 3.05) is 0 Å². The quantitative estimate of drug-likeness (QED) is 0.216. The standard InChI is InChI=1S/2Al.HNO3.6H/c;;2-1(3)4;;;;;;/h;;(H,2,3,4);;;;;;. The van der Waals surface area contributed by atoms with Crippen molar-refractivity contribution in [3.8, 4) is 0 Å². The van der Waals surface area contributed by atoms with Gasteiger partial charge in [0.25, 0.3) is 5.09 Å². The summed E-state index contributed by atoms with van der Waals surface area (Å²) in [5.74, 6) is 0. The fourth-order valence-corrected chi connectivity index (χ4v) is 0. The number of nitrogens with zero attached hydrogens (tertiary/aromatic N) is 1. The molecule has 0 aromatic heterocycles. The third-order valence-corrected chi connectivity index (χ3v) is 0. The maximum Gasteiger partial charge on any atom is 0.291 e. The minimum atomic E-state index is -1.50. The predicted octanol–water partition coefficient (Wildman–Crippen LogP) is -2.72. The molecule has 0 aromatic carbocycles. The number of hydrogen-bond donors (Lipinski definition) is 1. The molecule has 4 nitrogen and oxygen atoms in total. The molecular formula is H7Al2NO3. The van der Waals surface area contributed by atoms with Crippen LogP contribution in [0.5, 0.6) is 0 Å². The van der Waals surface area contributed by atoms with Crippen molar-refractivity contribution in [3.05, 3.63) is 10.1 Å². The van der Waals surface area contributed by atoms with Gasteiger partial charge >= 0.3 is 0 Å². The van der Waals surface area contributed by atoms with Crippen molar-refractivity contribution in [3.63, 3.8) is 0 Å². The van der Waals surface area contributed by atoms with Crippen LogP contribution in [-0.4, -0.2) is 45.0 Å². The molecule has 0 bridgehead atoms. The van der Waals surface area contributed by atoms with E-state index in [9.17, 15) is 0 Å². The first-order chi connectivity index (χ1) is 1.73. The molecule has 0 heterocycles. The summed E-state index contributed by atoms with van der Waals surface area (Å²) in [4.78, 5) is 8.36. The van der Waals surface area contributed by atoms with E-state index in [2.05, 4.69) is 0 Å². The molecule has 0 aliphatic carbocycles. The van der Waals surface area contributed by atoms with Gasteiger partial charge in [-0.1, -0.05) is 0 Å². The van der Waals surface area contributed by atoms with E-state index in [1.807, 2.05) is 0 Å². The molecule has 0 saturated heterocycles. The highest BCUT2D eigenvalue weighted by Crippen LogP contribution is 1.38. The molecule has 0 aliphatic heterocycles. The zero-order valence-corrected chi connectivity index (χ0v) is 1.71. The Morgan fingerprint density at radius 2 is 1.50 bits per heavy atom. The van der Waals surface area contributed by atoms with Gasteiger partial charge in [-0.15, -0.1) is 10.1 Å². The minimum absolute atomic E-state index is 0. The molecule has 0 aromatic rings. The van der Waals surface area contributed by atoms with Crippen molar-refractivity contribution in [1.82, 2.24) is 0 Å². The first-order valence-corrected chi connectivity index (χ1v) is 0.565. The molecular weight excluding hydrogens is 116 g/mol. The highest BCUT2D eigenvalue weighted by Gasteiger charge is 1.65. The largest absolute Gasteiger partial charge is 0.328 e. The topological polar surface area (TPSA) is 63.4 Å². The number of rotatable bonds is 0. The molecule has 36 valence electrons. The summed E-state index contributed by atoms with van der Waals surface area (Å²) in [5.41, 5.74) is 0. The lowest BCUT2D eigenvalue weighted by atomic mass is 13.1. The third kappa shape index (κ3) is 648. The third-order valence-electron chi connectivity index (χ3n) is 0. The van der Waals surface area contributed by atoms with E-state index >= 15 is 0 Å². The van der Waals surface area contributed by atoms with E-state index in [0.29, 0.717) is 0 Å². The van der Waals surface area contributed by atoms with Crippen LogP contribution in [0.2, 0.25) is 0 Å². The molecule has 0 unspecified atom stereocenters. The smallest absolute Gasteiger partial charge is 0.291 e. The van der Waals surface area contributed by atoms with Gasteiger partial charge in [-0.25, -0.2) is 0 Å². The fourth-order valence-electron chi connectivity index (χ4n) is 0. The molecule has 0 saturated carbocycles. The van der Waals surface area contributed by atoms with Gasteiger partial charge in [-0.2, -0.15) is 0 Å². The van der Waals surface area contributed by atoms with Gasteiger partial charge in [-0.05, 0) is 0 Å². The molecule has 0 rings (SSSR count). The van der Waals surface area contributed by atoms with Crippen LogP contribution in [-0.2, 0) is 0 Å². The summed E-state index contributed by atoms with van der Waals surface area (Å²) < 4.78 is 0. The van der Waals surface area contributed by atoms with Gasteiger partial charge in [0.1, 0.15) is 0 Å². The van der Waals surface area contributed by atoms with Crippen molar-refractivity contribution in [2.45, 2.75) is 0 Å². The Labute approximate surface area is 55.5 Å². The predicted molar refractivity (Wildman–Crippen MR) is 28.7 cm³/mol. The normalized spacial score (nSPS) is 4.00. The molecule has 0 atom stereocenters. The highest BCUT2D eigenvalue weighted by atomic mass is 27.0. The maximum atomic E-state index is 8.36. The molecule has 0 spiro atoms.